The summed E-state index contributed by atoms with van der Waals surface area (Å²) < 4.78 is 0. The van der Waals surface area contributed by atoms with Crippen molar-refractivity contribution in [2.75, 3.05) is 18.0 Å². The van der Waals surface area contributed by atoms with Gasteiger partial charge in [0, 0.05) is 31.9 Å². The highest BCUT2D eigenvalue weighted by molar-refractivity contribution is 5.29. The molecule has 0 bridgehead atoms. The molecule has 1 N–H and O–H groups in total. The Bertz CT molecular complexity index is 332. The van der Waals surface area contributed by atoms with Crippen LogP contribution in [0.4, 0.5) is 5.95 Å². The smallest absolute Gasteiger partial charge is 0.225 e. The zero-order valence-corrected chi connectivity index (χ0v) is 10.1. The number of nitrogens with zero attached hydrogens (tertiary/aromatic N) is 3. The molecule has 0 atom stereocenters. The van der Waals surface area contributed by atoms with Crippen LogP contribution < -0.4 is 10.2 Å². The van der Waals surface area contributed by atoms with E-state index in [1.165, 1.54) is 12.8 Å². The lowest BCUT2D eigenvalue weighted by molar-refractivity contribution is 0.669. The van der Waals surface area contributed by atoms with E-state index in [0.717, 1.165) is 37.3 Å². The lowest BCUT2D eigenvalue weighted by atomic mass is 10.4. The van der Waals surface area contributed by atoms with E-state index in [1.807, 2.05) is 12.3 Å². The molecule has 0 aliphatic heterocycles. The van der Waals surface area contributed by atoms with Crippen molar-refractivity contribution in [1.82, 2.24) is 15.3 Å². The van der Waals surface area contributed by atoms with Crippen molar-refractivity contribution < 1.29 is 0 Å². The predicted octanol–water partition coefficient (Wildman–Crippen LogP) is 1.57. The standard InChI is InChI=1S/C12H20N4/c1-3-16(4-2)12-13-8-7-11(15-12)9-14-10-5-6-10/h7-8,10,14H,3-6,9H2,1-2H3. The van der Waals surface area contributed by atoms with Crippen LogP contribution in [0.3, 0.4) is 0 Å². The Kier molecular flexibility index (Phi) is 3.72. The van der Waals surface area contributed by atoms with Gasteiger partial charge < -0.3 is 10.2 Å². The summed E-state index contributed by atoms with van der Waals surface area (Å²) in [6, 6.07) is 2.72. The summed E-state index contributed by atoms with van der Waals surface area (Å²) in [7, 11) is 0. The Morgan fingerprint density at radius 1 is 1.38 bits per heavy atom. The third kappa shape index (κ3) is 2.92. The molecular weight excluding hydrogens is 200 g/mol. The monoisotopic (exact) mass is 220 g/mol. The normalized spacial score (nSPS) is 15.1. The maximum atomic E-state index is 4.57. The first-order valence-corrected chi connectivity index (χ1v) is 6.13. The zero-order chi connectivity index (χ0) is 11.4. The van der Waals surface area contributed by atoms with E-state index in [4.69, 9.17) is 0 Å². The summed E-state index contributed by atoms with van der Waals surface area (Å²) in [5, 5.41) is 3.47. The van der Waals surface area contributed by atoms with E-state index >= 15 is 0 Å². The molecular formula is C12H20N4. The number of anilines is 1. The molecule has 0 saturated heterocycles. The molecule has 2 rings (SSSR count). The van der Waals surface area contributed by atoms with Crippen LogP contribution in [0.1, 0.15) is 32.4 Å². The van der Waals surface area contributed by atoms with Gasteiger partial charge in [-0.25, -0.2) is 9.97 Å². The van der Waals surface area contributed by atoms with Crippen LogP contribution in [0.15, 0.2) is 12.3 Å². The third-order valence-corrected chi connectivity index (χ3v) is 2.90. The lowest BCUT2D eigenvalue weighted by Crippen LogP contribution is -2.25. The molecule has 88 valence electrons. The van der Waals surface area contributed by atoms with E-state index < -0.39 is 0 Å². The van der Waals surface area contributed by atoms with Crippen LogP contribution in [0.2, 0.25) is 0 Å². The molecule has 1 aromatic heterocycles. The Morgan fingerprint density at radius 2 is 2.12 bits per heavy atom. The average molecular weight is 220 g/mol. The number of hydrogen-bond acceptors (Lipinski definition) is 4. The van der Waals surface area contributed by atoms with Crippen molar-refractivity contribution in [3.05, 3.63) is 18.0 Å². The molecule has 1 aliphatic carbocycles. The molecule has 4 heteroatoms. The van der Waals surface area contributed by atoms with Gasteiger partial charge in [-0.2, -0.15) is 0 Å². The number of rotatable bonds is 6. The van der Waals surface area contributed by atoms with Gasteiger partial charge in [0.1, 0.15) is 0 Å². The third-order valence-electron chi connectivity index (χ3n) is 2.90. The molecule has 0 amide bonds. The van der Waals surface area contributed by atoms with Crippen LogP contribution in [-0.4, -0.2) is 29.1 Å². The fraction of sp³-hybridized carbons (Fsp3) is 0.667. The molecule has 0 spiro atoms. The highest BCUT2D eigenvalue weighted by Crippen LogP contribution is 2.19. The summed E-state index contributed by atoms with van der Waals surface area (Å²) in [4.78, 5) is 11.0. The maximum Gasteiger partial charge on any atom is 0.225 e. The number of nitrogens with one attached hydrogen (secondary N) is 1. The van der Waals surface area contributed by atoms with E-state index in [0.29, 0.717) is 0 Å². The number of aromatic nitrogens is 2. The number of hydrogen-bond donors (Lipinski definition) is 1. The van der Waals surface area contributed by atoms with Gasteiger partial charge in [-0.15, -0.1) is 0 Å². The second-order valence-electron chi connectivity index (χ2n) is 4.18. The minimum Gasteiger partial charge on any atom is -0.341 e. The molecule has 0 unspecified atom stereocenters. The van der Waals surface area contributed by atoms with E-state index in [-0.39, 0.29) is 0 Å². The van der Waals surface area contributed by atoms with Gasteiger partial charge >= 0.3 is 0 Å². The molecule has 4 nitrogen and oxygen atoms in total. The lowest BCUT2D eigenvalue weighted by Gasteiger charge is -2.18. The van der Waals surface area contributed by atoms with Gasteiger partial charge in [0.15, 0.2) is 0 Å². The first-order chi connectivity index (χ1) is 7.83. The summed E-state index contributed by atoms with van der Waals surface area (Å²) in [6.07, 6.45) is 4.48. The van der Waals surface area contributed by atoms with E-state index in [1.54, 1.807) is 0 Å². The fourth-order valence-corrected chi connectivity index (χ4v) is 1.68. The Morgan fingerprint density at radius 3 is 2.75 bits per heavy atom. The van der Waals surface area contributed by atoms with Gasteiger partial charge in [0.05, 0.1) is 5.69 Å². The second kappa shape index (κ2) is 5.25. The van der Waals surface area contributed by atoms with Crippen LogP contribution in [0, 0.1) is 0 Å². The Balaban J connectivity index is 1.99. The minimum atomic E-state index is 0.729. The largest absolute Gasteiger partial charge is 0.341 e. The van der Waals surface area contributed by atoms with Crippen molar-refractivity contribution in [3.63, 3.8) is 0 Å². The average Bonchev–Trinajstić information content (AvgIpc) is 3.13. The minimum absolute atomic E-state index is 0.729. The second-order valence-corrected chi connectivity index (χ2v) is 4.18. The first kappa shape index (κ1) is 11.3. The molecule has 16 heavy (non-hydrogen) atoms. The van der Waals surface area contributed by atoms with Gasteiger partial charge in [0.2, 0.25) is 5.95 Å². The van der Waals surface area contributed by atoms with Crippen LogP contribution in [0.5, 0.6) is 0 Å². The van der Waals surface area contributed by atoms with E-state index in [2.05, 4.69) is 34.0 Å². The van der Waals surface area contributed by atoms with Crippen molar-refractivity contribution in [2.45, 2.75) is 39.3 Å². The highest BCUT2D eigenvalue weighted by atomic mass is 15.2. The maximum absolute atomic E-state index is 4.57. The molecule has 1 aliphatic rings. The molecule has 1 heterocycles. The first-order valence-electron chi connectivity index (χ1n) is 6.13. The zero-order valence-electron chi connectivity index (χ0n) is 10.1. The van der Waals surface area contributed by atoms with Gasteiger partial charge in [-0.1, -0.05) is 0 Å². The summed E-state index contributed by atoms with van der Waals surface area (Å²) in [5.74, 6) is 0.847. The Labute approximate surface area is 97.1 Å². The highest BCUT2D eigenvalue weighted by Gasteiger charge is 2.20. The molecule has 1 aromatic rings. The van der Waals surface area contributed by atoms with Crippen LogP contribution in [0.25, 0.3) is 0 Å². The quantitative estimate of drug-likeness (QED) is 0.790. The molecule has 1 saturated carbocycles. The van der Waals surface area contributed by atoms with Crippen molar-refractivity contribution >= 4 is 5.95 Å². The fourth-order valence-electron chi connectivity index (χ4n) is 1.68. The summed E-state index contributed by atoms with van der Waals surface area (Å²) in [6.45, 7) is 7.03. The molecule has 0 aromatic carbocycles. The van der Waals surface area contributed by atoms with Gasteiger partial charge in [0.25, 0.3) is 0 Å². The van der Waals surface area contributed by atoms with Crippen molar-refractivity contribution in [1.29, 1.82) is 0 Å². The molecule has 1 fully saturated rings. The summed E-state index contributed by atoms with van der Waals surface area (Å²) >= 11 is 0. The van der Waals surface area contributed by atoms with Crippen LogP contribution in [-0.2, 0) is 6.54 Å². The molecule has 0 radical (unpaired) electrons. The van der Waals surface area contributed by atoms with E-state index in [9.17, 15) is 0 Å². The Hall–Kier alpha value is -1.16. The van der Waals surface area contributed by atoms with Crippen molar-refractivity contribution in [2.24, 2.45) is 0 Å². The predicted molar refractivity (Wildman–Crippen MR) is 65.5 cm³/mol. The topological polar surface area (TPSA) is 41.1 Å². The van der Waals surface area contributed by atoms with Gasteiger partial charge in [-0.3, -0.25) is 0 Å². The SMILES string of the molecule is CCN(CC)c1nccc(CNC2CC2)n1. The van der Waals surface area contributed by atoms with Gasteiger partial charge in [-0.05, 0) is 32.8 Å². The van der Waals surface area contributed by atoms with Crippen molar-refractivity contribution in [3.8, 4) is 0 Å². The van der Waals surface area contributed by atoms with Crippen LogP contribution >= 0.6 is 0 Å². The summed E-state index contributed by atoms with van der Waals surface area (Å²) in [5.41, 5.74) is 1.09.